The number of halogens is 1. The summed E-state index contributed by atoms with van der Waals surface area (Å²) in [6, 6.07) is 18.4. The minimum absolute atomic E-state index is 0. The molecule has 2 bridgehead atoms. The monoisotopic (exact) mass is 450 g/mol. The van der Waals surface area contributed by atoms with Crippen molar-refractivity contribution >= 4 is 23.3 Å². The second-order valence-corrected chi connectivity index (χ2v) is 9.22. The molecule has 3 fully saturated rings. The number of hydrogen-bond donors (Lipinski definition) is 0. The molecule has 3 saturated heterocycles. The standard InChI is InChI=1S/C27H30N2O2.ClH/c1-3-20-18-29(17-19-7-5-4-6-8-19)14-12-21(20)15-26(29)27(30)23-11-13-28-25-10-9-22(31-2)16-24(23)25;/h3-11,13,16,20-21,26-27H,1,12,14-15,17-18H2,2H3;1H/t20?,21?,26?,27-,29?;/m1./s1. The maximum Gasteiger partial charge on any atom is 0.119 e. The fraction of sp³-hybridized carbons (Fsp3) is 0.370. The van der Waals surface area contributed by atoms with Gasteiger partial charge in [-0.1, -0.05) is 36.4 Å². The van der Waals surface area contributed by atoms with E-state index in [1.54, 1.807) is 13.3 Å². The van der Waals surface area contributed by atoms with Crippen LogP contribution in [-0.4, -0.2) is 35.7 Å². The van der Waals surface area contributed by atoms with E-state index in [2.05, 4.69) is 48.0 Å². The van der Waals surface area contributed by atoms with Crippen LogP contribution in [-0.2, 0) is 6.54 Å². The molecule has 0 N–H and O–H groups in total. The van der Waals surface area contributed by atoms with Crippen molar-refractivity contribution in [2.75, 3.05) is 20.2 Å². The van der Waals surface area contributed by atoms with Crippen LogP contribution in [0.5, 0.6) is 5.75 Å². The number of piperidine rings is 3. The molecule has 3 aliphatic rings. The van der Waals surface area contributed by atoms with E-state index in [0.29, 0.717) is 11.8 Å². The van der Waals surface area contributed by atoms with E-state index >= 15 is 0 Å². The fourth-order valence-electron chi connectivity index (χ4n) is 6.04. The summed E-state index contributed by atoms with van der Waals surface area (Å²) in [5.41, 5.74) is 3.01. The van der Waals surface area contributed by atoms with E-state index in [-0.39, 0.29) is 18.4 Å². The van der Waals surface area contributed by atoms with Crippen molar-refractivity contribution in [2.45, 2.75) is 31.5 Å². The zero-order chi connectivity index (χ0) is 21.4. The second kappa shape index (κ2) is 9.22. The first-order chi connectivity index (χ1) is 15.1. The van der Waals surface area contributed by atoms with Gasteiger partial charge in [-0.05, 0) is 41.9 Å². The van der Waals surface area contributed by atoms with Gasteiger partial charge in [-0.15, -0.1) is 19.0 Å². The van der Waals surface area contributed by atoms with Crippen LogP contribution in [0.2, 0.25) is 0 Å². The number of nitrogens with zero attached hydrogens (tertiary/aromatic N) is 2. The van der Waals surface area contributed by atoms with E-state index in [0.717, 1.165) is 52.8 Å². The van der Waals surface area contributed by atoms with Gasteiger partial charge in [-0.25, -0.2) is 0 Å². The lowest BCUT2D eigenvalue weighted by Gasteiger charge is -2.60. The lowest BCUT2D eigenvalue weighted by atomic mass is 9.71. The number of hydrogen-bond acceptors (Lipinski definition) is 3. The van der Waals surface area contributed by atoms with Gasteiger partial charge in [0.25, 0.3) is 0 Å². The highest BCUT2D eigenvalue weighted by Gasteiger charge is 2.51. The van der Waals surface area contributed by atoms with Crippen molar-refractivity contribution in [3.8, 4) is 5.75 Å². The molecule has 3 aliphatic heterocycles. The normalized spacial score (nSPS) is 27.5. The van der Waals surface area contributed by atoms with Crippen molar-refractivity contribution in [3.05, 3.63) is 84.6 Å². The summed E-state index contributed by atoms with van der Waals surface area (Å²) < 4.78 is 6.29. The molecule has 5 atom stereocenters. The zero-order valence-corrected chi connectivity index (χ0v) is 19.3. The number of methoxy groups -OCH3 is 1. The van der Waals surface area contributed by atoms with Gasteiger partial charge >= 0.3 is 0 Å². The molecule has 0 aliphatic carbocycles. The maximum absolute atomic E-state index is 14.2. The van der Waals surface area contributed by atoms with Crippen LogP contribution in [0, 0.1) is 11.8 Å². The summed E-state index contributed by atoms with van der Waals surface area (Å²) in [6.45, 7) is 7.11. The lowest BCUT2D eigenvalue weighted by Crippen LogP contribution is -2.68. The first-order valence-electron chi connectivity index (χ1n) is 11.2. The molecule has 168 valence electrons. The van der Waals surface area contributed by atoms with Gasteiger partial charge in [0.2, 0.25) is 0 Å². The van der Waals surface area contributed by atoms with Gasteiger partial charge in [0.15, 0.2) is 0 Å². The average Bonchev–Trinajstić information content (AvgIpc) is 2.83. The quantitative estimate of drug-likeness (QED) is 0.404. The molecule has 4 heterocycles. The van der Waals surface area contributed by atoms with Gasteiger partial charge in [0.1, 0.15) is 12.3 Å². The van der Waals surface area contributed by atoms with Crippen LogP contribution < -0.4 is 9.84 Å². The van der Waals surface area contributed by atoms with Crippen molar-refractivity contribution in [1.29, 1.82) is 0 Å². The molecule has 1 aromatic heterocycles. The number of pyridine rings is 1. The molecule has 2 aromatic carbocycles. The summed E-state index contributed by atoms with van der Waals surface area (Å²) in [4.78, 5) is 4.49. The maximum atomic E-state index is 14.2. The van der Waals surface area contributed by atoms with Crippen molar-refractivity contribution in [3.63, 3.8) is 0 Å². The third-order valence-electron chi connectivity index (χ3n) is 7.65. The van der Waals surface area contributed by atoms with Crippen LogP contribution in [0.3, 0.4) is 0 Å². The van der Waals surface area contributed by atoms with Crippen LogP contribution in [0.25, 0.3) is 10.9 Å². The summed E-state index contributed by atoms with van der Waals surface area (Å²) in [7, 11) is 1.66. The predicted octanol–water partition coefficient (Wildman–Crippen LogP) is 4.68. The van der Waals surface area contributed by atoms with E-state index in [1.807, 2.05) is 24.3 Å². The SMILES string of the molecule is C=CC1C[N+]2(Cc3ccccc3)CCC1CC2[C@H]([O-])c1ccnc2ccc(OC)cc12.Cl. The van der Waals surface area contributed by atoms with E-state index in [1.165, 1.54) is 12.0 Å². The Kier molecular flexibility index (Phi) is 6.57. The molecule has 3 aromatic rings. The summed E-state index contributed by atoms with van der Waals surface area (Å²) in [5.74, 6) is 1.83. The Morgan fingerprint density at radius 1 is 1.22 bits per heavy atom. The first kappa shape index (κ1) is 22.8. The minimum Gasteiger partial charge on any atom is -0.844 e. The van der Waals surface area contributed by atoms with Gasteiger partial charge < -0.3 is 14.3 Å². The first-order valence-corrected chi connectivity index (χ1v) is 11.2. The molecule has 5 heteroatoms. The number of fused-ring (bicyclic) bond motifs is 4. The average molecular weight is 451 g/mol. The smallest absolute Gasteiger partial charge is 0.119 e. The largest absolute Gasteiger partial charge is 0.844 e. The van der Waals surface area contributed by atoms with Gasteiger partial charge in [0, 0.05) is 35.9 Å². The minimum atomic E-state index is -0.796. The highest BCUT2D eigenvalue weighted by Crippen LogP contribution is 2.47. The van der Waals surface area contributed by atoms with Gasteiger partial charge in [-0.3, -0.25) is 4.98 Å². The fourth-order valence-corrected chi connectivity index (χ4v) is 6.04. The topological polar surface area (TPSA) is 45.2 Å². The van der Waals surface area contributed by atoms with E-state index in [4.69, 9.17) is 4.74 Å². The second-order valence-electron chi connectivity index (χ2n) is 9.22. The predicted molar refractivity (Wildman–Crippen MR) is 129 cm³/mol. The number of benzene rings is 2. The third kappa shape index (κ3) is 3.92. The Morgan fingerprint density at radius 2 is 2.03 bits per heavy atom. The molecule has 0 spiro atoms. The lowest BCUT2D eigenvalue weighted by molar-refractivity contribution is -0.990. The Morgan fingerprint density at radius 3 is 2.78 bits per heavy atom. The summed E-state index contributed by atoms with van der Waals surface area (Å²) >= 11 is 0. The van der Waals surface area contributed by atoms with Crippen molar-refractivity contribution < 1.29 is 14.3 Å². The molecule has 32 heavy (non-hydrogen) atoms. The molecule has 0 saturated carbocycles. The number of ether oxygens (including phenoxy) is 1. The van der Waals surface area contributed by atoms with Crippen molar-refractivity contribution in [1.82, 2.24) is 4.98 Å². The molecular formula is C27H31ClN2O2. The molecule has 0 radical (unpaired) electrons. The Bertz CT molecular complexity index is 1090. The molecule has 0 amide bonds. The van der Waals surface area contributed by atoms with Gasteiger partial charge in [0.05, 0.1) is 31.8 Å². The highest BCUT2D eigenvalue weighted by atomic mass is 35.5. The Labute approximate surface area is 196 Å². The van der Waals surface area contributed by atoms with Crippen molar-refractivity contribution in [2.24, 2.45) is 11.8 Å². The molecule has 6 rings (SSSR count). The van der Waals surface area contributed by atoms with Crippen LogP contribution in [0.1, 0.15) is 30.1 Å². The number of rotatable bonds is 6. The molecule has 4 unspecified atom stereocenters. The van der Waals surface area contributed by atoms with E-state index in [9.17, 15) is 5.11 Å². The summed E-state index contributed by atoms with van der Waals surface area (Å²) in [5, 5.41) is 15.1. The number of quaternary nitrogens is 1. The Hall–Kier alpha value is -2.40. The van der Waals surface area contributed by atoms with Crippen LogP contribution in [0.4, 0.5) is 0 Å². The van der Waals surface area contributed by atoms with Gasteiger partial charge in [-0.2, -0.15) is 0 Å². The molecular weight excluding hydrogens is 420 g/mol. The Balaban J connectivity index is 0.00000245. The highest BCUT2D eigenvalue weighted by molar-refractivity contribution is 5.85. The van der Waals surface area contributed by atoms with Crippen LogP contribution >= 0.6 is 12.4 Å². The van der Waals surface area contributed by atoms with Crippen LogP contribution in [0.15, 0.2) is 73.4 Å². The zero-order valence-electron chi connectivity index (χ0n) is 18.5. The summed E-state index contributed by atoms with van der Waals surface area (Å²) in [6.07, 6.45) is 5.25. The third-order valence-corrected chi connectivity index (χ3v) is 7.65. The molecule has 4 nitrogen and oxygen atoms in total. The number of aromatic nitrogens is 1. The van der Waals surface area contributed by atoms with E-state index < -0.39 is 6.10 Å².